The summed E-state index contributed by atoms with van der Waals surface area (Å²) in [7, 11) is 0. The minimum atomic E-state index is -2.52. The van der Waals surface area contributed by atoms with Gasteiger partial charge in [0.15, 0.2) is 18.3 Å². The zero-order valence-electron chi connectivity index (χ0n) is 11.2. The van der Waals surface area contributed by atoms with E-state index in [-0.39, 0.29) is 5.96 Å². The van der Waals surface area contributed by atoms with Crippen LogP contribution in [-0.2, 0) is 9.47 Å². The van der Waals surface area contributed by atoms with Crippen molar-refractivity contribution in [1.82, 2.24) is 5.32 Å². The van der Waals surface area contributed by atoms with Gasteiger partial charge in [-0.1, -0.05) is 0 Å². The first kappa shape index (κ1) is 14.5. The number of aliphatic hydroxyl groups is 6. The van der Waals surface area contributed by atoms with Crippen LogP contribution in [0, 0.1) is 5.92 Å². The maximum Gasteiger partial charge on any atom is 0.311 e. The molecule has 3 saturated heterocycles. The summed E-state index contributed by atoms with van der Waals surface area (Å²) in [6, 6.07) is 0. The molecule has 1 aliphatic carbocycles. The topological polar surface area (TPSA) is 190 Å². The van der Waals surface area contributed by atoms with E-state index in [2.05, 4.69) is 10.3 Å². The smallest absolute Gasteiger partial charge is 0.311 e. The molecule has 4 bridgehead atoms. The fourth-order valence-corrected chi connectivity index (χ4v) is 4.24. The van der Waals surface area contributed by atoms with Gasteiger partial charge >= 0.3 is 5.97 Å². The predicted molar refractivity (Wildman–Crippen MR) is 65.7 cm³/mol. The van der Waals surface area contributed by atoms with Crippen molar-refractivity contribution in [2.45, 2.75) is 47.8 Å². The Kier molecular flexibility index (Phi) is 2.57. The van der Waals surface area contributed by atoms with Crippen LogP contribution in [0.2, 0.25) is 0 Å². The lowest BCUT2D eigenvalue weighted by Crippen LogP contribution is -2.95. The largest absolute Gasteiger partial charge is 0.393 e. The van der Waals surface area contributed by atoms with Crippen molar-refractivity contribution in [1.29, 1.82) is 0 Å². The predicted octanol–water partition coefficient (Wildman–Crippen LogP) is -5.52. The van der Waals surface area contributed by atoms with E-state index < -0.39 is 60.3 Å². The lowest BCUT2D eigenvalue weighted by atomic mass is 9.55. The van der Waals surface area contributed by atoms with Gasteiger partial charge in [-0.2, -0.15) is 0 Å². The van der Waals surface area contributed by atoms with Crippen molar-refractivity contribution in [2.24, 2.45) is 16.6 Å². The fourth-order valence-electron chi connectivity index (χ4n) is 4.24. The minimum absolute atomic E-state index is 0.250. The van der Waals surface area contributed by atoms with E-state index in [0.29, 0.717) is 0 Å². The van der Waals surface area contributed by atoms with Crippen molar-refractivity contribution < 1.29 is 40.1 Å². The van der Waals surface area contributed by atoms with E-state index >= 15 is 0 Å². The highest BCUT2D eigenvalue weighted by molar-refractivity contribution is 5.80. The highest BCUT2D eigenvalue weighted by atomic mass is 16.9. The Morgan fingerprint density at radius 2 is 1.82 bits per heavy atom. The van der Waals surface area contributed by atoms with Crippen LogP contribution in [0.25, 0.3) is 0 Å². The fraction of sp³-hybridized carbons (Fsp3) is 0.909. The summed E-state index contributed by atoms with van der Waals surface area (Å²) in [5.74, 6) is -3.95. The third-order valence-corrected chi connectivity index (χ3v) is 5.22. The summed E-state index contributed by atoms with van der Waals surface area (Å²) in [5, 5.41) is 64.3. The molecule has 9 N–H and O–H groups in total. The van der Waals surface area contributed by atoms with Crippen LogP contribution in [0.4, 0.5) is 0 Å². The van der Waals surface area contributed by atoms with Crippen LogP contribution in [0.5, 0.6) is 0 Å². The number of aliphatic imine (C=N–C) groups is 1. The Bertz CT molecular complexity index is 561. The highest BCUT2D eigenvalue weighted by Crippen LogP contribution is 2.58. The van der Waals surface area contributed by atoms with Gasteiger partial charge in [-0.05, 0) is 0 Å². The third-order valence-electron chi connectivity index (χ3n) is 5.22. The normalized spacial score (nSPS) is 62.4. The molecule has 0 aromatic rings. The molecule has 22 heavy (non-hydrogen) atoms. The number of aliphatic hydroxyl groups excluding tert-OH is 4. The summed E-state index contributed by atoms with van der Waals surface area (Å²) in [6.45, 7) is -0.857. The molecule has 1 saturated carbocycles. The maximum absolute atomic E-state index is 10.6. The molecule has 124 valence electrons. The van der Waals surface area contributed by atoms with E-state index in [9.17, 15) is 30.6 Å². The first-order valence-electron chi connectivity index (χ1n) is 6.77. The number of nitrogens with zero attached hydrogens (tertiary/aromatic N) is 1. The molecule has 2 unspecified atom stereocenters. The molecular weight excluding hydrogens is 302 g/mol. The lowest BCUT2D eigenvalue weighted by molar-refractivity contribution is -0.548. The monoisotopic (exact) mass is 319 g/mol. The van der Waals surface area contributed by atoms with Crippen LogP contribution in [-0.4, -0.2) is 91.0 Å². The molecule has 0 aromatic carbocycles. The Labute approximate surface area is 123 Å². The van der Waals surface area contributed by atoms with Crippen molar-refractivity contribution in [3.8, 4) is 0 Å². The number of nitrogens with one attached hydrogen (secondary N) is 1. The number of hydrogen-bond donors (Lipinski definition) is 8. The minimum Gasteiger partial charge on any atom is -0.393 e. The Morgan fingerprint density at radius 3 is 2.45 bits per heavy atom. The molecule has 0 amide bonds. The van der Waals surface area contributed by atoms with Gasteiger partial charge < -0.3 is 51.2 Å². The van der Waals surface area contributed by atoms with Crippen LogP contribution < -0.4 is 11.1 Å². The van der Waals surface area contributed by atoms with Crippen molar-refractivity contribution in [3.63, 3.8) is 0 Å². The zero-order chi connectivity index (χ0) is 16.1. The molecule has 0 radical (unpaired) electrons. The van der Waals surface area contributed by atoms with Crippen molar-refractivity contribution in [3.05, 3.63) is 0 Å². The van der Waals surface area contributed by atoms with Crippen molar-refractivity contribution in [2.75, 3.05) is 6.61 Å². The lowest BCUT2D eigenvalue weighted by Gasteiger charge is -2.71. The second-order valence-corrected chi connectivity index (χ2v) is 6.22. The molecule has 4 heterocycles. The number of ether oxygens (including phenoxy) is 2. The first-order chi connectivity index (χ1) is 10.2. The molecule has 0 aromatic heterocycles. The average Bonchev–Trinajstić information content (AvgIpc) is 2.45. The van der Waals surface area contributed by atoms with E-state index in [1.54, 1.807) is 0 Å². The van der Waals surface area contributed by atoms with Crippen LogP contribution in [0.1, 0.15) is 0 Å². The Morgan fingerprint density at radius 1 is 1.18 bits per heavy atom. The molecular formula is C11H17N3O8. The third kappa shape index (κ3) is 1.28. The van der Waals surface area contributed by atoms with Crippen LogP contribution >= 0.6 is 0 Å². The number of nitrogens with two attached hydrogens (primary N) is 1. The standard InChI is InChI=1S/C11H17N3O8/c12-8-13-6(17)2-4-9(19,1-15)5-3(16)10(2,14-8)7(18)11(20,21-4)22-5/h2-7,15-20H,1H2,(H3,12,13,14)/t2-,3?,4+,5-,6-,7+,9+,10?,11-/m1/s1. The van der Waals surface area contributed by atoms with E-state index in [1.165, 1.54) is 0 Å². The van der Waals surface area contributed by atoms with Gasteiger partial charge in [-0.25, -0.2) is 4.99 Å². The quantitative estimate of drug-likeness (QED) is 0.231. The van der Waals surface area contributed by atoms with Gasteiger partial charge in [-0.3, -0.25) is 0 Å². The average molecular weight is 319 g/mol. The Balaban J connectivity index is 1.95. The summed E-state index contributed by atoms with van der Waals surface area (Å²) in [4.78, 5) is 3.70. The van der Waals surface area contributed by atoms with E-state index in [1.807, 2.05) is 0 Å². The van der Waals surface area contributed by atoms with Crippen LogP contribution in [0.3, 0.4) is 0 Å². The maximum atomic E-state index is 10.6. The van der Waals surface area contributed by atoms with Gasteiger partial charge in [0.1, 0.15) is 29.5 Å². The number of rotatable bonds is 1. The van der Waals surface area contributed by atoms with Gasteiger partial charge in [0.05, 0.1) is 12.5 Å². The molecule has 5 aliphatic rings. The number of guanidine groups is 1. The molecule has 9 atom stereocenters. The van der Waals surface area contributed by atoms with Crippen molar-refractivity contribution >= 4 is 5.96 Å². The van der Waals surface area contributed by atoms with Gasteiger partial charge in [0, 0.05) is 0 Å². The van der Waals surface area contributed by atoms with Gasteiger partial charge in [-0.15, -0.1) is 0 Å². The second kappa shape index (κ2) is 3.88. The molecule has 11 heteroatoms. The van der Waals surface area contributed by atoms with E-state index in [4.69, 9.17) is 15.2 Å². The van der Waals surface area contributed by atoms with E-state index in [0.717, 1.165) is 0 Å². The summed E-state index contributed by atoms with van der Waals surface area (Å²) >= 11 is 0. The van der Waals surface area contributed by atoms with Gasteiger partial charge in [0.2, 0.25) is 0 Å². The number of hydrogen-bond acceptors (Lipinski definition) is 11. The molecule has 4 aliphatic heterocycles. The highest BCUT2D eigenvalue weighted by Gasteiger charge is 2.82. The SMILES string of the molecule is NC1=N[C@H](O)[C@H]2[C@@H]3O[C@@]4(O)O[C@H](C(O)C2(N1)[C@@H]4O)[C@]3(O)CO. The molecule has 5 rings (SSSR count). The summed E-state index contributed by atoms with van der Waals surface area (Å²) in [6.07, 6.45) is -7.77. The Hall–Kier alpha value is -1.05. The summed E-state index contributed by atoms with van der Waals surface area (Å²) in [5.41, 5.74) is 1.74. The molecule has 4 fully saturated rings. The summed E-state index contributed by atoms with van der Waals surface area (Å²) < 4.78 is 10.3. The molecule has 11 nitrogen and oxygen atoms in total. The first-order valence-corrected chi connectivity index (χ1v) is 6.77. The zero-order valence-corrected chi connectivity index (χ0v) is 11.2. The van der Waals surface area contributed by atoms with Gasteiger partial charge in [0.25, 0.3) is 0 Å². The molecule has 1 spiro atoms. The second-order valence-electron chi connectivity index (χ2n) is 6.22. The van der Waals surface area contributed by atoms with Crippen LogP contribution in [0.15, 0.2) is 4.99 Å².